The lowest BCUT2D eigenvalue weighted by molar-refractivity contribution is -0.120. The molecule has 100 valence electrons. The van der Waals surface area contributed by atoms with Crippen molar-refractivity contribution in [2.75, 3.05) is 0 Å². The number of Topliss-reactive ketones (excluding diaryl/α,β-unsaturated/α-hetero) is 1. The minimum Gasteiger partial charge on any atom is -0.299 e. The van der Waals surface area contributed by atoms with Crippen LogP contribution in [0.5, 0.6) is 0 Å². The zero-order valence-corrected chi connectivity index (χ0v) is 12.3. The number of halogens is 1. The average molecular weight is 269 g/mol. The maximum atomic E-state index is 12.2. The number of nitrogens with zero attached hydrogens (tertiary/aromatic N) is 2. The summed E-state index contributed by atoms with van der Waals surface area (Å²) in [6.07, 6.45) is 2.24. The maximum Gasteiger partial charge on any atom is 0.142 e. The molecule has 0 amide bonds. The predicted octanol–water partition coefficient (Wildman–Crippen LogP) is 3.28. The SMILES string of the molecule is CCc1nn(CC)c(CC(=O)C2CC2(C)C)c1Cl. The summed E-state index contributed by atoms with van der Waals surface area (Å²) >= 11 is 6.31. The first kappa shape index (κ1) is 13.6. The number of carbonyl (C=O) groups excluding carboxylic acids is 1. The van der Waals surface area contributed by atoms with Crippen LogP contribution in [-0.2, 0) is 24.2 Å². The molecule has 1 unspecified atom stereocenters. The Bertz CT molecular complexity index is 476. The molecule has 0 bridgehead atoms. The Morgan fingerprint density at radius 1 is 1.50 bits per heavy atom. The van der Waals surface area contributed by atoms with E-state index in [1.54, 1.807) is 0 Å². The van der Waals surface area contributed by atoms with E-state index in [1.165, 1.54) is 0 Å². The van der Waals surface area contributed by atoms with E-state index in [0.717, 1.165) is 30.8 Å². The number of aromatic nitrogens is 2. The lowest BCUT2D eigenvalue weighted by atomic mass is 10.0. The first-order valence-electron chi connectivity index (χ1n) is 6.67. The van der Waals surface area contributed by atoms with E-state index in [9.17, 15) is 4.79 Å². The number of aryl methyl sites for hydroxylation is 2. The third-order valence-electron chi connectivity index (χ3n) is 3.94. The van der Waals surface area contributed by atoms with Crippen molar-refractivity contribution in [3.63, 3.8) is 0 Å². The Hall–Kier alpha value is -0.830. The van der Waals surface area contributed by atoms with Gasteiger partial charge in [0, 0.05) is 12.5 Å². The molecule has 1 aromatic heterocycles. The smallest absolute Gasteiger partial charge is 0.142 e. The fraction of sp³-hybridized carbons (Fsp3) is 0.714. The first-order valence-corrected chi connectivity index (χ1v) is 7.05. The number of hydrogen-bond acceptors (Lipinski definition) is 2. The van der Waals surface area contributed by atoms with E-state index in [4.69, 9.17) is 11.6 Å². The zero-order valence-electron chi connectivity index (χ0n) is 11.6. The topological polar surface area (TPSA) is 34.9 Å². The van der Waals surface area contributed by atoms with Gasteiger partial charge in [-0.25, -0.2) is 0 Å². The Labute approximate surface area is 114 Å². The van der Waals surface area contributed by atoms with Gasteiger partial charge in [0.1, 0.15) is 5.78 Å². The highest BCUT2D eigenvalue weighted by atomic mass is 35.5. The Morgan fingerprint density at radius 2 is 2.11 bits per heavy atom. The van der Waals surface area contributed by atoms with Crippen molar-refractivity contribution >= 4 is 17.4 Å². The molecular weight excluding hydrogens is 248 g/mol. The number of rotatable bonds is 5. The molecule has 1 aliphatic rings. The van der Waals surface area contributed by atoms with Gasteiger partial charge in [0.05, 0.1) is 22.8 Å². The van der Waals surface area contributed by atoms with E-state index >= 15 is 0 Å². The molecule has 1 aliphatic carbocycles. The van der Waals surface area contributed by atoms with Gasteiger partial charge in [-0.15, -0.1) is 0 Å². The summed E-state index contributed by atoms with van der Waals surface area (Å²) in [6, 6.07) is 0. The van der Waals surface area contributed by atoms with Crippen LogP contribution < -0.4 is 0 Å². The largest absolute Gasteiger partial charge is 0.299 e. The van der Waals surface area contributed by atoms with Crippen LogP contribution in [0.4, 0.5) is 0 Å². The highest BCUT2D eigenvalue weighted by Gasteiger charge is 2.50. The van der Waals surface area contributed by atoms with Crippen molar-refractivity contribution in [2.45, 2.75) is 53.5 Å². The van der Waals surface area contributed by atoms with Crippen molar-refractivity contribution in [3.05, 3.63) is 16.4 Å². The minimum absolute atomic E-state index is 0.189. The number of ketones is 1. The van der Waals surface area contributed by atoms with Gasteiger partial charge < -0.3 is 0 Å². The van der Waals surface area contributed by atoms with Crippen molar-refractivity contribution in [1.29, 1.82) is 0 Å². The van der Waals surface area contributed by atoms with Gasteiger partial charge in [-0.1, -0.05) is 32.4 Å². The molecule has 18 heavy (non-hydrogen) atoms. The quantitative estimate of drug-likeness (QED) is 0.821. The van der Waals surface area contributed by atoms with Crippen molar-refractivity contribution in [2.24, 2.45) is 11.3 Å². The molecule has 1 fully saturated rings. The molecule has 1 aromatic rings. The Kier molecular flexibility index (Phi) is 3.54. The summed E-state index contributed by atoms with van der Waals surface area (Å²) in [5, 5.41) is 5.13. The number of hydrogen-bond donors (Lipinski definition) is 0. The van der Waals surface area contributed by atoms with Gasteiger partial charge >= 0.3 is 0 Å². The highest BCUT2D eigenvalue weighted by molar-refractivity contribution is 6.32. The van der Waals surface area contributed by atoms with E-state index in [-0.39, 0.29) is 11.3 Å². The van der Waals surface area contributed by atoms with Crippen LogP contribution in [0.3, 0.4) is 0 Å². The third kappa shape index (κ3) is 2.33. The maximum absolute atomic E-state index is 12.2. The van der Waals surface area contributed by atoms with Crippen LogP contribution in [0.2, 0.25) is 5.02 Å². The summed E-state index contributed by atoms with van der Waals surface area (Å²) in [5.74, 6) is 0.512. The second-order valence-electron chi connectivity index (χ2n) is 5.77. The molecule has 0 N–H and O–H groups in total. The molecule has 0 aromatic carbocycles. The van der Waals surface area contributed by atoms with Crippen LogP contribution in [0, 0.1) is 11.3 Å². The molecule has 1 heterocycles. The van der Waals surface area contributed by atoms with Gasteiger partial charge in [-0.05, 0) is 25.2 Å². The van der Waals surface area contributed by atoms with E-state index in [0.29, 0.717) is 17.2 Å². The van der Waals surface area contributed by atoms with Gasteiger partial charge in [-0.2, -0.15) is 5.10 Å². The fourth-order valence-corrected chi connectivity index (χ4v) is 2.83. The Morgan fingerprint density at radius 3 is 2.56 bits per heavy atom. The molecule has 4 heteroatoms. The van der Waals surface area contributed by atoms with Crippen molar-refractivity contribution < 1.29 is 4.79 Å². The normalized spacial score (nSPS) is 21.1. The molecule has 0 saturated heterocycles. The summed E-state index contributed by atoms with van der Waals surface area (Å²) in [4.78, 5) is 12.2. The van der Waals surface area contributed by atoms with E-state index in [2.05, 4.69) is 18.9 Å². The summed E-state index contributed by atoms with van der Waals surface area (Å²) in [5.41, 5.74) is 1.98. The molecule has 0 radical (unpaired) electrons. The van der Waals surface area contributed by atoms with Crippen LogP contribution in [-0.4, -0.2) is 15.6 Å². The van der Waals surface area contributed by atoms with E-state index < -0.39 is 0 Å². The van der Waals surface area contributed by atoms with Crippen LogP contribution >= 0.6 is 11.6 Å². The minimum atomic E-state index is 0.189. The second kappa shape index (κ2) is 4.69. The molecule has 1 saturated carbocycles. The van der Waals surface area contributed by atoms with Crippen molar-refractivity contribution in [3.8, 4) is 0 Å². The molecule has 2 rings (SSSR count). The summed E-state index contributed by atoms with van der Waals surface area (Å²) in [7, 11) is 0. The fourth-order valence-electron chi connectivity index (χ4n) is 2.49. The van der Waals surface area contributed by atoms with E-state index in [1.807, 2.05) is 18.5 Å². The molecule has 0 spiro atoms. The summed E-state index contributed by atoms with van der Waals surface area (Å²) < 4.78 is 1.87. The molecule has 0 aliphatic heterocycles. The Balaban J connectivity index is 2.18. The molecule has 3 nitrogen and oxygen atoms in total. The monoisotopic (exact) mass is 268 g/mol. The van der Waals surface area contributed by atoms with Gasteiger partial charge in [0.2, 0.25) is 0 Å². The lowest BCUT2D eigenvalue weighted by Gasteiger charge is -2.06. The van der Waals surface area contributed by atoms with Crippen LogP contribution in [0.15, 0.2) is 0 Å². The van der Waals surface area contributed by atoms with Crippen molar-refractivity contribution in [1.82, 2.24) is 9.78 Å². The molecular formula is C14H21ClN2O. The summed E-state index contributed by atoms with van der Waals surface area (Å²) in [6.45, 7) is 9.11. The zero-order chi connectivity index (χ0) is 13.5. The van der Waals surface area contributed by atoms with Gasteiger partial charge in [-0.3, -0.25) is 9.48 Å². The standard InChI is InChI=1S/C14H21ClN2O/c1-5-10-13(15)11(17(6-2)16-10)7-12(18)9-8-14(9,3)4/h9H,5-8H2,1-4H3. The predicted molar refractivity (Wildman–Crippen MR) is 72.9 cm³/mol. The molecule has 1 atom stereocenters. The van der Waals surface area contributed by atoms with Crippen LogP contribution in [0.1, 0.15) is 45.5 Å². The number of carbonyl (C=O) groups is 1. The van der Waals surface area contributed by atoms with Gasteiger partial charge in [0.25, 0.3) is 0 Å². The highest BCUT2D eigenvalue weighted by Crippen LogP contribution is 2.52. The van der Waals surface area contributed by atoms with Gasteiger partial charge in [0.15, 0.2) is 0 Å². The van der Waals surface area contributed by atoms with Crippen LogP contribution in [0.25, 0.3) is 0 Å². The first-order chi connectivity index (χ1) is 8.40. The average Bonchev–Trinajstić information content (AvgIpc) is 2.86. The second-order valence-corrected chi connectivity index (χ2v) is 6.14. The lowest BCUT2D eigenvalue weighted by Crippen LogP contribution is -2.13. The third-order valence-corrected chi connectivity index (χ3v) is 4.37.